The van der Waals surface area contributed by atoms with Crippen LogP contribution in [-0.2, 0) is 0 Å². The van der Waals surface area contributed by atoms with Crippen LogP contribution >= 0.6 is 0 Å². The Balaban J connectivity index is 2.26. The molecule has 0 amide bonds. The Bertz CT molecular complexity index is 529. The zero-order valence-corrected chi connectivity index (χ0v) is 11.3. The topological polar surface area (TPSA) is 26.3 Å². The SMILES string of the molecule is CC[C@@H](C(=O)c1ccccc1)c1ccc(OC)cc1. The summed E-state index contributed by atoms with van der Waals surface area (Å²) >= 11 is 0. The van der Waals surface area contributed by atoms with Gasteiger partial charge in [-0.05, 0) is 24.1 Å². The van der Waals surface area contributed by atoms with Crippen LogP contribution in [-0.4, -0.2) is 12.9 Å². The van der Waals surface area contributed by atoms with Crippen molar-refractivity contribution in [3.63, 3.8) is 0 Å². The van der Waals surface area contributed by atoms with Crippen LogP contribution in [0.25, 0.3) is 0 Å². The second-order valence-electron chi connectivity index (χ2n) is 4.46. The van der Waals surface area contributed by atoms with Crippen LogP contribution in [0.1, 0.15) is 35.2 Å². The van der Waals surface area contributed by atoms with Crippen LogP contribution in [0.3, 0.4) is 0 Å². The third kappa shape index (κ3) is 3.02. The molecule has 0 fully saturated rings. The summed E-state index contributed by atoms with van der Waals surface area (Å²) in [6, 6.07) is 17.2. The van der Waals surface area contributed by atoms with Crippen molar-refractivity contribution >= 4 is 5.78 Å². The van der Waals surface area contributed by atoms with Crippen LogP contribution in [0.15, 0.2) is 54.6 Å². The maximum Gasteiger partial charge on any atom is 0.170 e. The predicted molar refractivity (Wildman–Crippen MR) is 76.8 cm³/mol. The fraction of sp³-hybridized carbons (Fsp3) is 0.235. The molecule has 0 aromatic heterocycles. The molecule has 0 aliphatic rings. The second kappa shape index (κ2) is 6.19. The Labute approximate surface area is 114 Å². The highest BCUT2D eigenvalue weighted by Crippen LogP contribution is 2.25. The summed E-state index contributed by atoms with van der Waals surface area (Å²) in [5.41, 5.74) is 1.81. The van der Waals surface area contributed by atoms with Gasteiger partial charge in [0.2, 0.25) is 0 Å². The minimum Gasteiger partial charge on any atom is -0.497 e. The molecule has 0 radical (unpaired) electrons. The van der Waals surface area contributed by atoms with Crippen molar-refractivity contribution in [3.05, 3.63) is 65.7 Å². The first-order chi connectivity index (χ1) is 9.26. The zero-order chi connectivity index (χ0) is 13.7. The van der Waals surface area contributed by atoms with Crippen molar-refractivity contribution in [1.29, 1.82) is 0 Å². The molecule has 2 nitrogen and oxygen atoms in total. The van der Waals surface area contributed by atoms with E-state index in [1.165, 1.54) is 0 Å². The van der Waals surface area contributed by atoms with Crippen molar-refractivity contribution < 1.29 is 9.53 Å². The Hall–Kier alpha value is -2.09. The highest BCUT2D eigenvalue weighted by atomic mass is 16.5. The lowest BCUT2D eigenvalue weighted by molar-refractivity contribution is 0.0957. The Morgan fingerprint density at radius 1 is 1.05 bits per heavy atom. The summed E-state index contributed by atoms with van der Waals surface area (Å²) in [4.78, 5) is 12.5. The number of ether oxygens (including phenoxy) is 1. The summed E-state index contributed by atoms with van der Waals surface area (Å²) < 4.78 is 5.14. The van der Waals surface area contributed by atoms with Gasteiger partial charge in [0.05, 0.1) is 7.11 Å². The Morgan fingerprint density at radius 2 is 1.68 bits per heavy atom. The quantitative estimate of drug-likeness (QED) is 0.752. The highest BCUT2D eigenvalue weighted by Gasteiger charge is 2.19. The molecule has 1 atom stereocenters. The third-order valence-corrected chi connectivity index (χ3v) is 3.30. The molecule has 2 heteroatoms. The van der Waals surface area contributed by atoms with E-state index in [2.05, 4.69) is 0 Å². The lowest BCUT2D eigenvalue weighted by Gasteiger charge is -2.14. The van der Waals surface area contributed by atoms with E-state index in [1.807, 2.05) is 61.5 Å². The third-order valence-electron chi connectivity index (χ3n) is 3.30. The van der Waals surface area contributed by atoms with Crippen LogP contribution in [0, 0.1) is 0 Å². The summed E-state index contributed by atoms with van der Waals surface area (Å²) in [6.07, 6.45) is 0.792. The van der Waals surface area contributed by atoms with Gasteiger partial charge in [0.1, 0.15) is 5.75 Å². The largest absolute Gasteiger partial charge is 0.497 e. The molecule has 0 unspecified atom stereocenters. The van der Waals surface area contributed by atoms with E-state index in [0.717, 1.165) is 23.3 Å². The molecule has 0 saturated heterocycles. The molecule has 2 aromatic carbocycles. The number of benzene rings is 2. The van der Waals surface area contributed by atoms with E-state index in [4.69, 9.17) is 4.74 Å². The summed E-state index contributed by atoms with van der Waals surface area (Å²) in [7, 11) is 1.64. The lowest BCUT2D eigenvalue weighted by Crippen LogP contribution is -2.12. The van der Waals surface area contributed by atoms with Gasteiger partial charge < -0.3 is 4.74 Å². The lowest BCUT2D eigenvalue weighted by atomic mass is 9.88. The monoisotopic (exact) mass is 254 g/mol. The molecule has 0 N–H and O–H groups in total. The Morgan fingerprint density at radius 3 is 2.21 bits per heavy atom. The first-order valence-electron chi connectivity index (χ1n) is 6.49. The molecular formula is C17H18O2. The molecule has 2 rings (SSSR count). The number of carbonyl (C=O) groups excluding carboxylic acids is 1. The van der Waals surface area contributed by atoms with E-state index in [1.54, 1.807) is 7.11 Å². The van der Waals surface area contributed by atoms with E-state index >= 15 is 0 Å². The van der Waals surface area contributed by atoms with Crippen LogP contribution in [0.5, 0.6) is 5.75 Å². The van der Waals surface area contributed by atoms with Gasteiger partial charge in [0, 0.05) is 11.5 Å². The summed E-state index contributed by atoms with van der Waals surface area (Å²) in [6.45, 7) is 2.04. The molecule has 0 aliphatic carbocycles. The van der Waals surface area contributed by atoms with E-state index in [-0.39, 0.29) is 11.7 Å². The fourth-order valence-corrected chi connectivity index (χ4v) is 2.21. The number of methoxy groups -OCH3 is 1. The molecule has 0 spiro atoms. The maximum atomic E-state index is 12.5. The number of ketones is 1. The number of hydrogen-bond donors (Lipinski definition) is 0. The van der Waals surface area contributed by atoms with Gasteiger partial charge in [0.15, 0.2) is 5.78 Å². The van der Waals surface area contributed by atoms with Gasteiger partial charge in [-0.3, -0.25) is 4.79 Å². The minimum atomic E-state index is -0.0895. The fourth-order valence-electron chi connectivity index (χ4n) is 2.21. The van der Waals surface area contributed by atoms with Crippen molar-refractivity contribution in [2.24, 2.45) is 0 Å². The normalized spacial score (nSPS) is 11.9. The Kier molecular flexibility index (Phi) is 4.35. The number of carbonyl (C=O) groups is 1. The molecular weight excluding hydrogens is 236 g/mol. The van der Waals surface area contributed by atoms with Gasteiger partial charge in [-0.25, -0.2) is 0 Å². The second-order valence-corrected chi connectivity index (χ2v) is 4.46. The van der Waals surface area contributed by atoms with Crippen molar-refractivity contribution in [2.75, 3.05) is 7.11 Å². The van der Waals surface area contributed by atoms with Crippen LogP contribution in [0.4, 0.5) is 0 Å². The number of hydrogen-bond acceptors (Lipinski definition) is 2. The van der Waals surface area contributed by atoms with E-state index in [0.29, 0.717) is 0 Å². The van der Waals surface area contributed by atoms with Gasteiger partial charge >= 0.3 is 0 Å². The molecule has 19 heavy (non-hydrogen) atoms. The number of Topliss-reactive ketones (excluding diaryl/α,β-unsaturated/α-hetero) is 1. The van der Waals surface area contributed by atoms with Gasteiger partial charge in [-0.1, -0.05) is 49.4 Å². The standard InChI is InChI=1S/C17H18O2/c1-3-16(13-9-11-15(19-2)12-10-13)17(18)14-7-5-4-6-8-14/h4-12,16H,3H2,1-2H3/t16-/m1/s1. The van der Waals surface area contributed by atoms with E-state index in [9.17, 15) is 4.79 Å². The molecule has 0 saturated carbocycles. The van der Waals surface area contributed by atoms with Gasteiger partial charge in [-0.15, -0.1) is 0 Å². The molecule has 2 aromatic rings. The van der Waals surface area contributed by atoms with Gasteiger partial charge in [0.25, 0.3) is 0 Å². The maximum absolute atomic E-state index is 12.5. The smallest absolute Gasteiger partial charge is 0.170 e. The predicted octanol–water partition coefficient (Wildman–Crippen LogP) is 4.07. The van der Waals surface area contributed by atoms with Crippen molar-refractivity contribution in [1.82, 2.24) is 0 Å². The summed E-state index contributed by atoms with van der Waals surface area (Å²) in [5, 5.41) is 0. The van der Waals surface area contributed by atoms with Crippen molar-refractivity contribution in [3.8, 4) is 5.75 Å². The molecule has 0 aliphatic heterocycles. The van der Waals surface area contributed by atoms with Gasteiger partial charge in [-0.2, -0.15) is 0 Å². The number of rotatable bonds is 5. The minimum absolute atomic E-state index is 0.0895. The van der Waals surface area contributed by atoms with Crippen LogP contribution in [0.2, 0.25) is 0 Å². The van der Waals surface area contributed by atoms with Crippen molar-refractivity contribution in [2.45, 2.75) is 19.3 Å². The van der Waals surface area contributed by atoms with E-state index < -0.39 is 0 Å². The summed E-state index contributed by atoms with van der Waals surface area (Å²) in [5.74, 6) is 0.896. The first kappa shape index (κ1) is 13.3. The molecule has 0 bridgehead atoms. The average Bonchev–Trinajstić information content (AvgIpc) is 2.49. The average molecular weight is 254 g/mol. The first-order valence-corrected chi connectivity index (χ1v) is 6.49. The van der Waals surface area contributed by atoms with Crippen LogP contribution < -0.4 is 4.74 Å². The molecule has 98 valence electrons. The zero-order valence-electron chi connectivity index (χ0n) is 11.3. The molecule has 0 heterocycles. The highest BCUT2D eigenvalue weighted by molar-refractivity contribution is 6.00.